The number of ether oxygens (including phenoxy) is 2. The van der Waals surface area contributed by atoms with Crippen LogP contribution in [0.15, 0.2) is 59.5 Å². The van der Waals surface area contributed by atoms with Crippen LogP contribution in [-0.4, -0.2) is 77.6 Å². The number of fused-ring (bicyclic) bond motifs is 4. The molecule has 11 nitrogen and oxygen atoms in total. The maximum Gasteiger partial charge on any atom is 0.410 e. The van der Waals surface area contributed by atoms with E-state index in [-0.39, 0.29) is 64.7 Å². The van der Waals surface area contributed by atoms with Crippen LogP contribution >= 0.6 is 0 Å². The minimum atomic E-state index is -4.16. The molecule has 3 aromatic rings. The Morgan fingerprint density at radius 3 is 2.39 bits per heavy atom. The average Bonchev–Trinajstić information content (AvgIpc) is 3.05. The van der Waals surface area contributed by atoms with Gasteiger partial charge in [0.2, 0.25) is 11.8 Å². The number of hydrogen-bond acceptors (Lipinski definition) is 8. The number of sulfonamides is 1. The maximum atomic E-state index is 14.6. The average molecular weight is 718 g/mol. The largest absolute Gasteiger partial charge is 0.475 e. The first-order valence-electron chi connectivity index (χ1n) is 18.1. The zero-order valence-electron chi connectivity index (χ0n) is 30.8. The van der Waals surface area contributed by atoms with Gasteiger partial charge in [0.05, 0.1) is 16.6 Å². The molecule has 1 saturated heterocycles. The molecule has 1 saturated carbocycles. The summed E-state index contributed by atoms with van der Waals surface area (Å²) >= 11 is 0. The lowest BCUT2D eigenvalue weighted by atomic mass is 9.59. The Hall–Kier alpha value is -4.19. The molecule has 1 aromatic heterocycles. The Morgan fingerprint density at radius 2 is 1.73 bits per heavy atom. The summed E-state index contributed by atoms with van der Waals surface area (Å²) in [7, 11) is -4.16. The quantitative estimate of drug-likeness (QED) is 0.287. The van der Waals surface area contributed by atoms with Gasteiger partial charge in [-0.15, -0.1) is 0 Å². The van der Waals surface area contributed by atoms with Gasteiger partial charge in [0.25, 0.3) is 15.9 Å². The van der Waals surface area contributed by atoms with Gasteiger partial charge in [-0.05, 0) is 93.9 Å². The van der Waals surface area contributed by atoms with Crippen LogP contribution in [0, 0.1) is 11.3 Å². The molecular weight excluding hydrogens is 667 g/mol. The smallest absolute Gasteiger partial charge is 0.410 e. The number of aromatic nitrogens is 2. The van der Waals surface area contributed by atoms with Crippen LogP contribution in [0.5, 0.6) is 5.88 Å². The highest BCUT2D eigenvalue weighted by atomic mass is 32.2. The number of likely N-dealkylation sites (tertiary alicyclic amines) is 1. The van der Waals surface area contributed by atoms with Gasteiger partial charge in [0.15, 0.2) is 0 Å². The monoisotopic (exact) mass is 717 g/mol. The lowest BCUT2D eigenvalue weighted by Gasteiger charge is -2.56. The van der Waals surface area contributed by atoms with Crippen LogP contribution < -0.4 is 9.46 Å². The molecule has 274 valence electrons. The Labute approximate surface area is 302 Å². The number of carbonyl (C=O) groups excluding carboxylic acids is 2. The van der Waals surface area contributed by atoms with Crippen LogP contribution in [0.4, 0.5) is 10.7 Å². The fourth-order valence-electron chi connectivity index (χ4n) is 7.69. The highest BCUT2D eigenvalue weighted by Gasteiger charge is 2.51. The molecule has 0 radical (unpaired) electrons. The van der Waals surface area contributed by atoms with Gasteiger partial charge < -0.3 is 19.3 Å². The third-order valence-corrected chi connectivity index (χ3v) is 11.5. The second-order valence-corrected chi connectivity index (χ2v) is 17.8. The van der Waals surface area contributed by atoms with E-state index >= 15 is 0 Å². The van der Waals surface area contributed by atoms with E-state index in [9.17, 15) is 18.0 Å². The summed E-state index contributed by atoms with van der Waals surface area (Å²) in [5.41, 5.74) is 2.22. The molecule has 1 aliphatic carbocycles. The van der Waals surface area contributed by atoms with E-state index < -0.39 is 15.6 Å². The highest BCUT2D eigenvalue weighted by molar-refractivity contribution is 7.92. The predicted octanol–water partition coefficient (Wildman–Crippen LogP) is 7.50. The van der Waals surface area contributed by atoms with Crippen molar-refractivity contribution in [2.45, 2.75) is 109 Å². The van der Waals surface area contributed by atoms with Gasteiger partial charge in [0, 0.05) is 36.3 Å². The van der Waals surface area contributed by atoms with E-state index in [2.05, 4.69) is 42.4 Å². The van der Waals surface area contributed by atoms with E-state index in [1.54, 1.807) is 23.1 Å². The lowest BCUT2D eigenvalue weighted by molar-refractivity contribution is -0.0555. The zero-order valence-corrected chi connectivity index (χ0v) is 31.6. The summed E-state index contributed by atoms with van der Waals surface area (Å²) in [6.07, 6.45) is 3.65. The molecule has 1 N–H and O–H groups in total. The van der Waals surface area contributed by atoms with E-state index in [0.717, 1.165) is 36.8 Å². The minimum absolute atomic E-state index is 0.0171. The summed E-state index contributed by atoms with van der Waals surface area (Å²) in [5.74, 6) is 0.341. The van der Waals surface area contributed by atoms with Crippen molar-refractivity contribution in [2.24, 2.45) is 11.3 Å². The molecule has 51 heavy (non-hydrogen) atoms. The summed E-state index contributed by atoms with van der Waals surface area (Å²) in [6, 6.07) is 15.5. The number of anilines is 1. The van der Waals surface area contributed by atoms with E-state index in [0.29, 0.717) is 30.8 Å². The van der Waals surface area contributed by atoms with Crippen LogP contribution in [0.1, 0.15) is 102 Å². The molecular formula is C39H51N5O6S. The van der Waals surface area contributed by atoms with Gasteiger partial charge in [-0.25, -0.2) is 22.9 Å². The van der Waals surface area contributed by atoms with Crippen LogP contribution in [-0.2, 0) is 14.8 Å². The van der Waals surface area contributed by atoms with Crippen molar-refractivity contribution < 1.29 is 27.5 Å². The second kappa shape index (κ2) is 14.1. The Balaban J connectivity index is 1.34. The van der Waals surface area contributed by atoms with Crippen molar-refractivity contribution in [3.8, 4) is 17.1 Å². The molecule has 2 amide bonds. The fourth-order valence-corrected chi connectivity index (χ4v) is 8.68. The molecule has 6 rings (SSSR count). The third-order valence-electron chi connectivity index (χ3n) is 10.2. The maximum absolute atomic E-state index is 14.6. The van der Waals surface area contributed by atoms with Gasteiger partial charge in [0.1, 0.15) is 12.2 Å². The number of nitrogens with one attached hydrogen (secondary N) is 1. The van der Waals surface area contributed by atoms with E-state index in [4.69, 9.17) is 9.47 Å². The molecule has 4 bridgehead atoms. The first-order valence-corrected chi connectivity index (χ1v) is 19.6. The highest BCUT2D eigenvalue weighted by Crippen LogP contribution is 2.52. The summed E-state index contributed by atoms with van der Waals surface area (Å²) in [5, 5.41) is 0. The lowest BCUT2D eigenvalue weighted by Crippen LogP contribution is -2.60. The molecule has 2 aliphatic heterocycles. The molecule has 2 fully saturated rings. The van der Waals surface area contributed by atoms with Crippen molar-refractivity contribution in [3.63, 3.8) is 0 Å². The number of benzene rings is 2. The second-order valence-electron chi connectivity index (χ2n) is 16.1. The van der Waals surface area contributed by atoms with Crippen molar-refractivity contribution in [3.05, 3.63) is 65.7 Å². The molecule has 1 atom stereocenters. The van der Waals surface area contributed by atoms with Crippen molar-refractivity contribution >= 4 is 28.0 Å². The number of piperidine rings is 1. The summed E-state index contributed by atoms with van der Waals surface area (Å²) in [4.78, 5) is 40.2. The van der Waals surface area contributed by atoms with Crippen molar-refractivity contribution in [2.75, 3.05) is 24.4 Å². The zero-order chi connectivity index (χ0) is 36.7. The first kappa shape index (κ1) is 36.6. The van der Waals surface area contributed by atoms with Gasteiger partial charge >= 0.3 is 6.09 Å². The van der Waals surface area contributed by atoms with Crippen LogP contribution in [0.25, 0.3) is 11.3 Å². The Bertz CT molecular complexity index is 1870. The molecule has 3 aliphatic rings. The van der Waals surface area contributed by atoms with Crippen LogP contribution in [0.2, 0.25) is 0 Å². The Kier molecular flexibility index (Phi) is 10.1. The molecule has 1 spiro atoms. The molecule has 3 heterocycles. The Morgan fingerprint density at radius 1 is 1.02 bits per heavy atom. The molecule has 0 unspecified atom stereocenters. The van der Waals surface area contributed by atoms with E-state index in [1.165, 1.54) is 12.1 Å². The molecule has 12 heteroatoms. The van der Waals surface area contributed by atoms with Crippen molar-refractivity contribution in [1.29, 1.82) is 0 Å². The fraction of sp³-hybridized carbons (Fsp3) is 0.538. The molecule has 2 aromatic carbocycles. The SMILES string of the molecule is CC(C)C[C@@H]1COc2cc(-c3ccccc3C(C)C)nc(n2)NS(=O)(=O)c2cccc(c2)C(=O)N1C1CC2(CCN(C(=O)OC(C)(C)C)CC2)C1. The third kappa shape index (κ3) is 8.16. The van der Waals surface area contributed by atoms with Crippen LogP contribution in [0.3, 0.4) is 0 Å². The topological polar surface area (TPSA) is 131 Å². The number of hydrogen-bond donors (Lipinski definition) is 1. The van der Waals surface area contributed by atoms with Gasteiger partial charge in [-0.1, -0.05) is 58.0 Å². The normalized spacial score (nSPS) is 20.5. The standard InChI is InChI=1S/C39H51N5O6S/c1-25(2)19-28-24-49-34-21-33(32-14-9-8-13-31(32)26(3)4)40-36(41-34)42-51(47,48)30-12-10-11-27(20-30)35(45)44(28)29-22-39(23-29)15-17-43(18-16-39)37(46)50-38(5,6)7/h8-14,20-21,25-26,28-29H,15-19,22-24H2,1-7H3,(H,40,41,42)/t28-/m1/s1. The van der Waals surface area contributed by atoms with Gasteiger partial charge in [-0.2, -0.15) is 4.98 Å². The first-order chi connectivity index (χ1) is 24.0. The van der Waals surface area contributed by atoms with Gasteiger partial charge in [-0.3, -0.25) is 4.79 Å². The number of rotatable bonds is 5. The number of carbonyl (C=O) groups is 2. The number of amides is 2. The van der Waals surface area contributed by atoms with Crippen molar-refractivity contribution in [1.82, 2.24) is 19.8 Å². The summed E-state index contributed by atoms with van der Waals surface area (Å²) in [6.45, 7) is 15.5. The minimum Gasteiger partial charge on any atom is -0.475 e. The summed E-state index contributed by atoms with van der Waals surface area (Å²) < 4.78 is 42.1. The predicted molar refractivity (Wildman–Crippen MR) is 196 cm³/mol. The van der Waals surface area contributed by atoms with E-state index in [1.807, 2.05) is 49.9 Å². The number of nitrogens with zero attached hydrogens (tertiary/aromatic N) is 4.